The molecule has 4 atom stereocenters. The minimum atomic E-state index is -0.670. The summed E-state index contributed by atoms with van der Waals surface area (Å²) in [7, 11) is 1.47. The number of aromatic amines is 1. The molecule has 6 aromatic rings. The Morgan fingerprint density at radius 3 is 2.33 bits per heavy atom. The molecule has 5 N–H and O–H groups in total. The first-order valence-corrected chi connectivity index (χ1v) is 25.5. The summed E-state index contributed by atoms with van der Waals surface area (Å²) in [6.07, 6.45) is 19.8. The average molecular weight is 975 g/mol. The Bertz CT molecular complexity index is 2980. The zero-order valence-corrected chi connectivity index (χ0v) is 41.4. The number of carbonyl (C=O) groups is 3. The molecule has 2 aliphatic heterocycles. The van der Waals surface area contributed by atoms with Gasteiger partial charge in [0.2, 0.25) is 5.75 Å². The maximum atomic E-state index is 14.6. The van der Waals surface area contributed by atoms with Gasteiger partial charge in [-0.05, 0) is 121 Å². The fourth-order valence-electron chi connectivity index (χ4n) is 11.1. The number of aromatic hydroxyl groups is 3. The van der Waals surface area contributed by atoms with Gasteiger partial charge < -0.3 is 49.3 Å². The minimum absolute atomic E-state index is 0.000886. The predicted octanol–water partition coefficient (Wildman–Crippen LogP) is 11.5. The minimum Gasteiger partial charge on any atom is -0.508 e. The standard InChI is InChI=1S/C59H66N4O9/c1-4-38-18-19-50(71-37(2)64)31-48(67)32-54(43-27-56(69)59(57(28-43)70-3)72-49-16-9-15-47(66)30-49)62-35-42-13-8-17-53(52(42)36-62)63(23-21-55(68)39-10-5-6-11-39)58-29-41(20-22-61-58)51(40-12-7-14-46(65)25-40)26-45-34-60-33-44(45)24-38/h7-9,12-17,20,25,27-30,33-36,38-39,50-51,54,60-61,65-66,69H,4-6,10-11,18-19,21-24,26,31-32H2,1-3H3/t38-,50-,51+,54-/m1/s1. The molecule has 13 nitrogen and oxygen atoms in total. The highest BCUT2D eigenvalue weighted by Crippen LogP contribution is 2.45. The molecular formula is C59H66N4O9. The Hall–Kier alpha value is -7.41. The number of esters is 1. The van der Waals surface area contributed by atoms with Crippen LogP contribution in [-0.2, 0) is 32.0 Å². The van der Waals surface area contributed by atoms with E-state index in [9.17, 15) is 29.7 Å². The van der Waals surface area contributed by atoms with Crippen molar-refractivity contribution in [2.75, 3.05) is 25.1 Å². The van der Waals surface area contributed by atoms with Crippen LogP contribution < -0.4 is 19.7 Å². The number of hydrogen-bond donors (Lipinski definition) is 5. The first-order valence-electron chi connectivity index (χ1n) is 25.5. The van der Waals surface area contributed by atoms with Crippen molar-refractivity contribution in [3.63, 3.8) is 0 Å². The molecule has 3 aliphatic rings. The maximum absolute atomic E-state index is 14.6. The van der Waals surface area contributed by atoms with Crippen molar-refractivity contribution in [2.24, 2.45) is 11.8 Å². The van der Waals surface area contributed by atoms with Crippen LogP contribution >= 0.6 is 0 Å². The van der Waals surface area contributed by atoms with Gasteiger partial charge in [0.05, 0.1) is 18.8 Å². The number of ether oxygens (including phenoxy) is 3. The van der Waals surface area contributed by atoms with E-state index in [1.807, 2.05) is 41.2 Å². The summed E-state index contributed by atoms with van der Waals surface area (Å²) in [6.45, 7) is 4.51. The molecule has 1 fully saturated rings. The molecule has 4 bridgehead atoms. The van der Waals surface area contributed by atoms with Crippen molar-refractivity contribution in [1.82, 2.24) is 14.9 Å². The number of phenols is 3. The highest BCUT2D eigenvalue weighted by atomic mass is 16.5. The molecule has 0 radical (unpaired) electrons. The quantitative estimate of drug-likeness (QED) is 0.0781. The third-order valence-corrected chi connectivity index (χ3v) is 14.9. The molecule has 72 heavy (non-hydrogen) atoms. The van der Waals surface area contributed by atoms with Gasteiger partial charge in [-0.3, -0.25) is 14.4 Å². The third kappa shape index (κ3) is 11.5. The lowest BCUT2D eigenvalue weighted by Gasteiger charge is -2.32. The number of allylic oxidation sites excluding steroid dienone is 2. The molecule has 0 amide bonds. The number of H-pyrrole nitrogens is 1. The first-order chi connectivity index (χ1) is 34.9. The van der Waals surface area contributed by atoms with Crippen LogP contribution in [0.1, 0.15) is 112 Å². The van der Waals surface area contributed by atoms with Crippen LogP contribution in [0.15, 0.2) is 127 Å². The number of rotatable bonds is 11. The van der Waals surface area contributed by atoms with Crippen molar-refractivity contribution >= 4 is 34.0 Å². The number of anilines is 1. The van der Waals surface area contributed by atoms with Crippen molar-refractivity contribution in [2.45, 2.75) is 109 Å². The Labute approximate surface area is 421 Å². The number of hydrogen-bond acceptors (Lipinski definition) is 11. The van der Waals surface area contributed by atoms with E-state index in [0.29, 0.717) is 43.7 Å². The summed E-state index contributed by atoms with van der Waals surface area (Å²) in [5.74, 6) is 1.23. The van der Waals surface area contributed by atoms with Crippen LogP contribution in [0.3, 0.4) is 0 Å². The monoisotopic (exact) mass is 974 g/mol. The number of nitrogens with zero attached hydrogens (tertiary/aromatic N) is 2. The van der Waals surface area contributed by atoms with E-state index in [-0.39, 0.29) is 70.9 Å². The van der Waals surface area contributed by atoms with Crippen LogP contribution in [0.25, 0.3) is 10.8 Å². The van der Waals surface area contributed by atoms with E-state index in [4.69, 9.17) is 14.2 Å². The number of carbonyl (C=O) groups excluding carboxylic acids is 3. The molecule has 13 heteroatoms. The first kappa shape index (κ1) is 49.6. The van der Waals surface area contributed by atoms with Gasteiger partial charge in [-0.1, -0.05) is 62.6 Å². The zero-order valence-electron chi connectivity index (χ0n) is 41.4. The van der Waals surface area contributed by atoms with Gasteiger partial charge in [0.1, 0.15) is 40.7 Å². The van der Waals surface area contributed by atoms with Crippen molar-refractivity contribution < 1.29 is 43.9 Å². The van der Waals surface area contributed by atoms with Gasteiger partial charge >= 0.3 is 5.97 Å². The van der Waals surface area contributed by atoms with Gasteiger partial charge in [-0.2, -0.15) is 0 Å². The summed E-state index contributed by atoms with van der Waals surface area (Å²) in [5.41, 5.74) is 5.89. The number of methoxy groups -OCH3 is 1. The number of ketones is 2. The second-order valence-electron chi connectivity index (χ2n) is 19.7. The number of phenolic OH excluding ortho intramolecular Hbond substituents is 3. The van der Waals surface area contributed by atoms with Crippen LogP contribution in [-0.4, -0.2) is 68.7 Å². The molecule has 9 rings (SSSR count). The Morgan fingerprint density at radius 2 is 1.58 bits per heavy atom. The average Bonchev–Trinajstić information content (AvgIpc) is 4.17. The Kier molecular flexibility index (Phi) is 15.4. The number of Topliss-reactive ketones (excluding diaryl/α,β-unsaturated/α-hetero) is 2. The highest BCUT2D eigenvalue weighted by Gasteiger charge is 2.30. The second kappa shape index (κ2) is 22.3. The molecule has 4 aromatic carbocycles. The lowest BCUT2D eigenvalue weighted by Crippen LogP contribution is -2.36. The number of fused-ring (bicyclic) bond motifs is 3. The smallest absolute Gasteiger partial charge is 0.302 e. The molecule has 376 valence electrons. The third-order valence-electron chi connectivity index (χ3n) is 14.9. The highest BCUT2D eigenvalue weighted by molar-refractivity contribution is 5.95. The van der Waals surface area contributed by atoms with Gasteiger partial charge in [0, 0.05) is 92.7 Å². The number of benzene rings is 4. The fourth-order valence-corrected chi connectivity index (χ4v) is 11.1. The number of nitrogens with one attached hydrogen (secondary N) is 2. The molecule has 0 spiro atoms. The summed E-state index contributed by atoms with van der Waals surface area (Å²) in [5, 5.41) is 38.2. The lowest BCUT2D eigenvalue weighted by molar-refractivity contribution is -0.148. The van der Waals surface area contributed by atoms with Crippen molar-refractivity contribution in [1.29, 1.82) is 0 Å². The topological polar surface area (TPSA) is 176 Å². The molecule has 2 aromatic heterocycles. The molecule has 0 unspecified atom stereocenters. The Balaban J connectivity index is 1.19. The van der Waals surface area contributed by atoms with E-state index in [1.165, 1.54) is 37.3 Å². The van der Waals surface area contributed by atoms with Gasteiger partial charge in [0.15, 0.2) is 11.5 Å². The van der Waals surface area contributed by atoms with E-state index in [2.05, 4.69) is 58.8 Å². The molecule has 1 aliphatic carbocycles. The Morgan fingerprint density at radius 1 is 0.819 bits per heavy atom. The van der Waals surface area contributed by atoms with E-state index < -0.39 is 18.1 Å². The summed E-state index contributed by atoms with van der Waals surface area (Å²) < 4.78 is 19.8. The van der Waals surface area contributed by atoms with Crippen molar-refractivity contribution in [3.05, 3.63) is 149 Å². The largest absolute Gasteiger partial charge is 0.508 e. The zero-order chi connectivity index (χ0) is 50.3. The SMILES string of the molecule is CC[C@@H]1CC[C@@H](OC(C)=O)CC(=O)C[C@H](c2cc(O)c(Oc3cccc(O)c3)c(OC)c2)n2cc3cccc(c3c2)N(CCC(=O)C2CCCC2)C2=CC(=CCN2)[C@H](c2cccc(O)c2)Cc2c[nH]cc2C1. The molecule has 4 heterocycles. The number of dihydropyridines is 1. The van der Waals surface area contributed by atoms with E-state index >= 15 is 0 Å². The van der Waals surface area contributed by atoms with Gasteiger partial charge in [0.25, 0.3) is 0 Å². The molecule has 0 saturated heterocycles. The van der Waals surface area contributed by atoms with E-state index in [0.717, 1.165) is 78.4 Å². The second-order valence-corrected chi connectivity index (χ2v) is 19.7. The lowest BCUT2D eigenvalue weighted by atomic mass is 9.82. The van der Waals surface area contributed by atoms with Gasteiger partial charge in [-0.15, -0.1) is 0 Å². The van der Waals surface area contributed by atoms with Crippen molar-refractivity contribution in [3.8, 4) is 34.5 Å². The molecule has 1 saturated carbocycles. The summed E-state index contributed by atoms with van der Waals surface area (Å²) in [4.78, 5) is 46.8. The fraction of sp³-hybridized carbons (Fsp3) is 0.373. The summed E-state index contributed by atoms with van der Waals surface area (Å²) in [6, 6.07) is 22.5. The molecular weight excluding hydrogens is 909 g/mol. The number of aromatic nitrogens is 2. The van der Waals surface area contributed by atoms with Crippen LogP contribution in [0.2, 0.25) is 0 Å². The summed E-state index contributed by atoms with van der Waals surface area (Å²) >= 11 is 0. The van der Waals surface area contributed by atoms with Crippen LogP contribution in [0.4, 0.5) is 5.69 Å². The van der Waals surface area contributed by atoms with E-state index in [1.54, 1.807) is 30.3 Å². The maximum Gasteiger partial charge on any atom is 0.302 e. The predicted molar refractivity (Wildman–Crippen MR) is 278 cm³/mol. The van der Waals surface area contributed by atoms with Crippen LogP contribution in [0.5, 0.6) is 34.5 Å². The van der Waals surface area contributed by atoms with Crippen LogP contribution in [0, 0.1) is 11.8 Å². The van der Waals surface area contributed by atoms with Gasteiger partial charge in [-0.25, -0.2) is 0 Å². The normalized spacial score (nSPS) is 20.2.